The molecule has 1 unspecified atom stereocenters. The standard InChI is InChI=1S/C26H24FN3O3/c27-20-5-3-4-18(16-20)17-30-24(22-6-1-2-7-23(22)26(30)32)28-21-10-8-19(9-11-21)25(31)29-12-14-33-15-13-29/h1-11,16,24,28H,12-15,17H2. The lowest BCUT2D eigenvalue weighted by Gasteiger charge is -2.28. The molecule has 5 rings (SSSR count). The molecular formula is C26H24FN3O3. The van der Waals surface area contributed by atoms with Gasteiger partial charge in [0.1, 0.15) is 12.0 Å². The van der Waals surface area contributed by atoms with E-state index in [1.54, 1.807) is 28.0 Å². The second-order valence-corrected chi connectivity index (χ2v) is 8.18. The fourth-order valence-corrected chi connectivity index (χ4v) is 4.34. The van der Waals surface area contributed by atoms with Crippen LogP contribution >= 0.6 is 0 Å². The van der Waals surface area contributed by atoms with Crippen molar-refractivity contribution < 1.29 is 18.7 Å². The summed E-state index contributed by atoms with van der Waals surface area (Å²) in [4.78, 5) is 29.3. The molecule has 0 bridgehead atoms. The van der Waals surface area contributed by atoms with Crippen LogP contribution < -0.4 is 5.32 Å². The minimum Gasteiger partial charge on any atom is -0.378 e. The van der Waals surface area contributed by atoms with Crippen LogP contribution in [0.25, 0.3) is 0 Å². The SMILES string of the molecule is O=C(c1ccc(NC2c3ccccc3C(=O)N2Cc2cccc(F)c2)cc1)N1CCOCC1. The van der Waals surface area contributed by atoms with E-state index in [2.05, 4.69) is 5.32 Å². The quantitative estimate of drug-likeness (QED) is 0.643. The minimum absolute atomic E-state index is 0.0148. The lowest BCUT2D eigenvalue weighted by molar-refractivity contribution is 0.0303. The van der Waals surface area contributed by atoms with Crippen LogP contribution in [0.15, 0.2) is 72.8 Å². The average Bonchev–Trinajstić information content (AvgIpc) is 3.11. The Morgan fingerprint density at radius 1 is 1.00 bits per heavy atom. The van der Waals surface area contributed by atoms with E-state index in [9.17, 15) is 14.0 Å². The fraction of sp³-hybridized carbons (Fsp3) is 0.231. The first kappa shape index (κ1) is 21.2. The van der Waals surface area contributed by atoms with E-state index in [-0.39, 0.29) is 24.2 Å². The summed E-state index contributed by atoms with van der Waals surface area (Å²) in [6, 6.07) is 21.0. The van der Waals surface area contributed by atoms with Crippen LogP contribution in [0, 0.1) is 5.82 Å². The predicted molar refractivity (Wildman–Crippen MR) is 122 cm³/mol. The van der Waals surface area contributed by atoms with Crippen LogP contribution in [0.2, 0.25) is 0 Å². The van der Waals surface area contributed by atoms with Crippen LogP contribution in [0.1, 0.15) is 38.0 Å². The Morgan fingerprint density at radius 2 is 1.76 bits per heavy atom. The summed E-state index contributed by atoms with van der Waals surface area (Å²) in [5.41, 5.74) is 3.61. The Labute approximate surface area is 191 Å². The lowest BCUT2D eigenvalue weighted by atomic mass is 10.1. The molecular weight excluding hydrogens is 421 g/mol. The molecule has 0 aliphatic carbocycles. The molecule has 0 spiro atoms. The van der Waals surface area contributed by atoms with Crippen molar-refractivity contribution >= 4 is 17.5 Å². The first-order chi connectivity index (χ1) is 16.1. The molecule has 2 amide bonds. The van der Waals surface area contributed by atoms with E-state index in [4.69, 9.17) is 4.74 Å². The van der Waals surface area contributed by atoms with Crippen molar-refractivity contribution in [1.82, 2.24) is 9.80 Å². The summed E-state index contributed by atoms with van der Waals surface area (Å²) in [5, 5.41) is 3.42. The van der Waals surface area contributed by atoms with Crippen LogP contribution in [-0.2, 0) is 11.3 Å². The summed E-state index contributed by atoms with van der Waals surface area (Å²) in [6.07, 6.45) is -0.405. The van der Waals surface area contributed by atoms with Gasteiger partial charge in [0.2, 0.25) is 0 Å². The van der Waals surface area contributed by atoms with Gasteiger partial charge in [0.05, 0.1) is 13.2 Å². The molecule has 2 aliphatic rings. The second kappa shape index (κ2) is 9.03. The number of carbonyl (C=O) groups excluding carboxylic acids is 2. The number of ether oxygens (including phenoxy) is 1. The zero-order chi connectivity index (χ0) is 22.8. The highest BCUT2D eigenvalue weighted by Gasteiger charge is 2.36. The van der Waals surface area contributed by atoms with Crippen molar-refractivity contribution in [2.45, 2.75) is 12.7 Å². The fourth-order valence-electron chi connectivity index (χ4n) is 4.34. The number of halogens is 1. The van der Waals surface area contributed by atoms with Crippen molar-refractivity contribution in [3.63, 3.8) is 0 Å². The molecule has 3 aromatic rings. The summed E-state index contributed by atoms with van der Waals surface area (Å²) >= 11 is 0. The van der Waals surface area contributed by atoms with Gasteiger partial charge in [-0.3, -0.25) is 9.59 Å². The van der Waals surface area contributed by atoms with Gasteiger partial charge in [-0.2, -0.15) is 0 Å². The maximum atomic E-state index is 13.7. The van der Waals surface area contributed by atoms with E-state index in [0.717, 1.165) is 16.8 Å². The van der Waals surface area contributed by atoms with Gasteiger partial charge in [-0.25, -0.2) is 4.39 Å². The summed E-state index contributed by atoms with van der Waals surface area (Å²) in [5.74, 6) is -0.452. The highest BCUT2D eigenvalue weighted by Crippen LogP contribution is 2.35. The topological polar surface area (TPSA) is 61.9 Å². The Morgan fingerprint density at radius 3 is 2.52 bits per heavy atom. The number of amides is 2. The molecule has 33 heavy (non-hydrogen) atoms. The maximum absolute atomic E-state index is 13.7. The molecule has 2 aliphatic heterocycles. The molecule has 2 heterocycles. The Kier molecular flexibility index (Phi) is 5.79. The molecule has 0 radical (unpaired) electrons. The Bertz CT molecular complexity index is 1180. The zero-order valence-corrected chi connectivity index (χ0v) is 18.0. The summed E-state index contributed by atoms with van der Waals surface area (Å²) in [7, 11) is 0. The lowest BCUT2D eigenvalue weighted by Crippen LogP contribution is -2.40. The molecule has 1 fully saturated rings. The van der Waals surface area contributed by atoms with Crippen LogP contribution in [0.4, 0.5) is 10.1 Å². The van der Waals surface area contributed by atoms with E-state index in [1.165, 1.54) is 12.1 Å². The number of nitrogens with one attached hydrogen (secondary N) is 1. The normalized spacial score (nSPS) is 17.7. The van der Waals surface area contributed by atoms with Crippen LogP contribution in [-0.4, -0.2) is 47.9 Å². The number of nitrogens with zero attached hydrogens (tertiary/aromatic N) is 2. The minimum atomic E-state index is -0.405. The number of benzene rings is 3. The molecule has 1 saturated heterocycles. The van der Waals surface area contributed by atoms with Gasteiger partial charge in [0, 0.05) is 42.0 Å². The number of hydrogen-bond donors (Lipinski definition) is 1. The molecule has 3 aromatic carbocycles. The smallest absolute Gasteiger partial charge is 0.256 e. The van der Waals surface area contributed by atoms with Crippen LogP contribution in [0.3, 0.4) is 0 Å². The molecule has 168 valence electrons. The van der Waals surface area contributed by atoms with Gasteiger partial charge < -0.3 is 19.9 Å². The van der Waals surface area contributed by atoms with E-state index in [1.807, 2.05) is 42.5 Å². The van der Waals surface area contributed by atoms with Crippen LogP contribution in [0.5, 0.6) is 0 Å². The molecule has 7 heteroatoms. The molecule has 1 N–H and O–H groups in total. The number of morpholine rings is 1. The highest BCUT2D eigenvalue weighted by molar-refractivity contribution is 5.99. The van der Waals surface area contributed by atoms with Crippen molar-refractivity contribution in [3.8, 4) is 0 Å². The van der Waals surface area contributed by atoms with E-state index in [0.29, 0.717) is 37.4 Å². The third-order valence-corrected chi connectivity index (χ3v) is 6.03. The maximum Gasteiger partial charge on any atom is 0.256 e. The first-order valence-corrected chi connectivity index (χ1v) is 11.0. The number of anilines is 1. The number of hydrogen-bond acceptors (Lipinski definition) is 4. The number of fused-ring (bicyclic) bond motifs is 1. The molecule has 0 saturated carbocycles. The van der Waals surface area contributed by atoms with Gasteiger partial charge in [0.25, 0.3) is 11.8 Å². The highest BCUT2D eigenvalue weighted by atomic mass is 19.1. The number of rotatable bonds is 5. The molecule has 1 atom stereocenters. The summed E-state index contributed by atoms with van der Waals surface area (Å²) in [6.45, 7) is 2.57. The third kappa shape index (κ3) is 4.32. The second-order valence-electron chi connectivity index (χ2n) is 8.18. The monoisotopic (exact) mass is 445 g/mol. The van der Waals surface area contributed by atoms with E-state index < -0.39 is 6.17 Å². The van der Waals surface area contributed by atoms with Gasteiger partial charge in [-0.05, 0) is 48.0 Å². The Balaban J connectivity index is 1.37. The van der Waals surface area contributed by atoms with Crippen molar-refractivity contribution in [2.75, 3.05) is 31.6 Å². The van der Waals surface area contributed by atoms with Gasteiger partial charge in [-0.15, -0.1) is 0 Å². The largest absolute Gasteiger partial charge is 0.378 e. The van der Waals surface area contributed by atoms with Gasteiger partial charge in [-0.1, -0.05) is 30.3 Å². The molecule has 0 aromatic heterocycles. The average molecular weight is 445 g/mol. The van der Waals surface area contributed by atoms with Gasteiger partial charge in [0.15, 0.2) is 0 Å². The van der Waals surface area contributed by atoms with Gasteiger partial charge >= 0.3 is 0 Å². The first-order valence-electron chi connectivity index (χ1n) is 11.0. The third-order valence-electron chi connectivity index (χ3n) is 6.03. The summed E-state index contributed by atoms with van der Waals surface area (Å²) < 4.78 is 19.0. The number of carbonyl (C=O) groups is 2. The van der Waals surface area contributed by atoms with Crippen molar-refractivity contribution in [2.24, 2.45) is 0 Å². The zero-order valence-electron chi connectivity index (χ0n) is 18.0. The van der Waals surface area contributed by atoms with E-state index >= 15 is 0 Å². The molecule has 6 nitrogen and oxygen atoms in total. The predicted octanol–water partition coefficient (Wildman–Crippen LogP) is 4.06. The Hall–Kier alpha value is -3.71. The van der Waals surface area contributed by atoms with Crippen molar-refractivity contribution in [3.05, 3.63) is 101 Å². The van der Waals surface area contributed by atoms with Crippen molar-refractivity contribution in [1.29, 1.82) is 0 Å².